The summed E-state index contributed by atoms with van der Waals surface area (Å²) in [5.41, 5.74) is 13.6. The zero-order valence-electron chi connectivity index (χ0n) is 67.6. The molecular formula is C98H148O2S4. The fourth-order valence-electron chi connectivity index (χ4n) is 18.7. The van der Waals surface area contributed by atoms with Crippen molar-refractivity contribution in [2.45, 2.75) is 447 Å². The van der Waals surface area contributed by atoms with Crippen molar-refractivity contribution in [1.29, 1.82) is 0 Å². The van der Waals surface area contributed by atoms with Gasteiger partial charge in [-0.15, -0.1) is 22.7 Å². The number of thioether (sulfide) groups is 2. The van der Waals surface area contributed by atoms with Crippen molar-refractivity contribution >= 4 is 57.8 Å². The van der Waals surface area contributed by atoms with Crippen LogP contribution in [0, 0.1) is 13.8 Å². The summed E-state index contributed by atoms with van der Waals surface area (Å²) in [5.74, 6) is 0.000115. The van der Waals surface area contributed by atoms with Crippen LogP contribution in [0.4, 0.5) is 0 Å². The Labute approximate surface area is 655 Å². The molecule has 0 radical (unpaired) electrons. The normalized spacial score (nSPS) is 15.2. The molecule has 576 valence electrons. The van der Waals surface area contributed by atoms with Crippen LogP contribution in [0.25, 0.3) is 31.3 Å². The average Bonchev–Trinajstić information content (AvgIpc) is 1.52. The van der Waals surface area contributed by atoms with Gasteiger partial charge in [0, 0.05) is 51.3 Å². The number of thiophene rings is 2. The molecule has 0 amide bonds. The number of fused-ring (bicyclic) bond motifs is 8. The molecule has 2 aromatic heterocycles. The fraction of sp³-hybridized carbons (Fsp3) is 0.694. The van der Waals surface area contributed by atoms with Gasteiger partial charge < -0.3 is 0 Å². The predicted octanol–water partition coefficient (Wildman–Crippen LogP) is 34.6. The summed E-state index contributed by atoms with van der Waals surface area (Å²) in [6, 6.07) is 23.9. The number of hydrogen-bond acceptors (Lipinski definition) is 6. The highest BCUT2D eigenvalue weighted by Crippen LogP contribution is 2.64. The Balaban J connectivity index is 0.992. The number of hydrogen-bond donors (Lipinski definition) is 0. The minimum atomic E-state index is -0.0455. The second-order valence-corrected chi connectivity index (χ2v) is 38.1. The molecule has 5 aromatic rings. The predicted molar refractivity (Wildman–Crippen MR) is 463 cm³/mol. The van der Waals surface area contributed by atoms with Crippen LogP contribution in [-0.4, -0.2) is 11.6 Å². The van der Waals surface area contributed by atoms with Gasteiger partial charge in [0.1, 0.15) is 0 Å². The monoisotopic (exact) mass is 1490 g/mol. The van der Waals surface area contributed by atoms with E-state index in [1.165, 1.54) is 429 Å². The Kier molecular flexibility index (Phi) is 39.0. The molecule has 0 atom stereocenters. The number of benzene rings is 3. The molecule has 0 fully saturated rings. The van der Waals surface area contributed by atoms with Crippen molar-refractivity contribution in [3.8, 4) is 31.3 Å². The van der Waals surface area contributed by atoms with E-state index in [-0.39, 0.29) is 22.4 Å². The summed E-state index contributed by atoms with van der Waals surface area (Å²) >= 11 is 7.22. The lowest BCUT2D eigenvalue weighted by molar-refractivity contribution is 0.101. The Hall–Kier alpha value is -3.16. The summed E-state index contributed by atoms with van der Waals surface area (Å²) in [6.07, 6.45) is 83.0. The highest BCUT2D eigenvalue weighted by Gasteiger charge is 2.50. The lowest BCUT2D eigenvalue weighted by Gasteiger charge is -2.34. The first kappa shape index (κ1) is 84.9. The zero-order chi connectivity index (χ0) is 72.9. The number of Topliss-reactive ketones (excluding diaryl/α,β-unsaturated/α-hetero) is 2. The van der Waals surface area contributed by atoms with E-state index in [1.54, 1.807) is 38.3 Å². The summed E-state index contributed by atoms with van der Waals surface area (Å²) in [5, 5.41) is 0. The number of carbonyl (C=O) groups is 2. The summed E-state index contributed by atoms with van der Waals surface area (Å²) < 4.78 is 0. The Morgan fingerprint density at radius 1 is 0.269 bits per heavy atom. The van der Waals surface area contributed by atoms with E-state index < -0.39 is 0 Å². The molecule has 2 nitrogen and oxygen atoms in total. The number of allylic oxidation sites excluding steroid dienone is 2. The van der Waals surface area contributed by atoms with Crippen LogP contribution in [0.1, 0.15) is 466 Å². The van der Waals surface area contributed by atoms with Crippen LogP contribution in [0.15, 0.2) is 80.3 Å². The first-order chi connectivity index (χ1) is 51.2. The molecule has 6 heteroatoms. The molecule has 0 spiro atoms. The smallest absolute Gasteiger partial charge is 0.202 e. The van der Waals surface area contributed by atoms with Gasteiger partial charge in [-0.1, -0.05) is 423 Å². The van der Waals surface area contributed by atoms with Crippen LogP contribution in [0.2, 0.25) is 0 Å². The van der Waals surface area contributed by atoms with E-state index in [1.807, 2.05) is 12.1 Å². The Bertz CT molecular complexity index is 3260. The standard InChI is InChI=1S/C98H148O2S4/c1-7-11-15-19-23-27-31-35-39-43-47-51-55-59-67-97(68-60-56-52-48-44-40-36-32-28-24-20-16-12-8-2)84-75-83-85(74-82(84)93-86(97)72-78(6)101-93)98(69-61-57-53-49-45-41-37-33-29-25-21-17-13-9-3,70-62-58-54-50-46-42-38-34-30-26-22-18-14-10-4)87-76-88(102-94(83)87)79-64-66-81-90(73-79)104-96(92(81)100)95-91(99)80-65-63-77(5)71-89(80)103-95/h63-66,71-76H,7-62,67-70H2,1-6H3/b96-95+. The molecule has 2 aliphatic carbocycles. The molecule has 3 aromatic carbocycles. The van der Waals surface area contributed by atoms with E-state index in [0.717, 1.165) is 26.5 Å². The second-order valence-electron chi connectivity index (χ2n) is 33.7. The highest BCUT2D eigenvalue weighted by molar-refractivity contribution is 8.08. The maximum Gasteiger partial charge on any atom is 0.202 e. The van der Waals surface area contributed by atoms with Gasteiger partial charge in [0.25, 0.3) is 0 Å². The van der Waals surface area contributed by atoms with Gasteiger partial charge >= 0.3 is 0 Å². The van der Waals surface area contributed by atoms with Crippen LogP contribution in [-0.2, 0) is 10.8 Å². The minimum absolute atomic E-state index is 0.00368. The van der Waals surface area contributed by atoms with Crippen molar-refractivity contribution < 1.29 is 9.59 Å². The molecule has 0 unspecified atom stereocenters. The van der Waals surface area contributed by atoms with Crippen LogP contribution in [0.5, 0.6) is 0 Å². The van der Waals surface area contributed by atoms with Crippen molar-refractivity contribution in [3.63, 3.8) is 0 Å². The van der Waals surface area contributed by atoms with Gasteiger partial charge in [-0.05, 0) is 133 Å². The maximum atomic E-state index is 14.5. The van der Waals surface area contributed by atoms with Crippen molar-refractivity contribution in [1.82, 2.24) is 0 Å². The van der Waals surface area contributed by atoms with Gasteiger partial charge in [-0.25, -0.2) is 0 Å². The van der Waals surface area contributed by atoms with Gasteiger partial charge in [0.2, 0.25) is 11.6 Å². The van der Waals surface area contributed by atoms with Crippen molar-refractivity contribution in [2.24, 2.45) is 0 Å². The van der Waals surface area contributed by atoms with E-state index in [4.69, 9.17) is 0 Å². The summed E-state index contributed by atoms with van der Waals surface area (Å²) in [4.78, 5) is 37.6. The van der Waals surface area contributed by atoms with Gasteiger partial charge in [-0.3, -0.25) is 9.59 Å². The van der Waals surface area contributed by atoms with Crippen LogP contribution in [0.3, 0.4) is 0 Å². The quantitative estimate of drug-likeness (QED) is 0.0287. The lowest BCUT2D eigenvalue weighted by Crippen LogP contribution is -2.27. The van der Waals surface area contributed by atoms with E-state index in [0.29, 0.717) is 9.81 Å². The number of unbranched alkanes of at least 4 members (excludes halogenated alkanes) is 52. The number of ketones is 2. The van der Waals surface area contributed by atoms with Gasteiger partial charge in [0.05, 0.1) is 9.81 Å². The molecule has 0 saturated carbocycles. The van der Waals surface area contributed by atoms with Crippen LogP contribution < -0.4 is 0 Å². The van der Waals surface area contributed by atoms with Crippen molar-refractivity contribution in [3.05, 3.63) is 114 Å². The largest absolute Gasteiger partial charge is 0.288 e. The fourth-order valence-corrected chi connectivity index (χ4v) is 23.6. The lowest BCUT2D eigenvalue weighted by atomic mass is 9.68. The maximum absolute atomic E-state index is 14.5. The Morgan fingerprint density at radius 2 is 0.548 bits per heavy atom. The second kappa shape index (κ2) is 47.8. The summed E-state index contributed by atoms with van der Waals surface area (Å²) in [7, 11) is 0. The Morgan fingerprint density at radius 3 is 0.875 bits per heavy atom. The average molecular weight is 1490 g/mol. The van der Waals surface area contributed by atoms with Gasteiger partial charge in [0.15, 0.2) is 0 Å². The molecule has 104 heavy (non-hydrogen) atoms. The third kappa shape index (κ3) is 24.9. The third-order valence-electron chi connectivity index (χ3n) is 25.1. The first-order valence-electron chi connectivity index (χ1n) is 45.1. The van der Waals surface area contributed by atoms with Gasteiger partial charge in [-0.2, -0.15) is 0 Å². The topological polar surface area (TPSA) is 34.1 Å². The highest BCUT2D eigenvalue weighted by atomic mass is 32.2. The zero-order valence-corrected chi connectivity index (χ0v) is 70.9. The minimum Gasteiger partial charge on any atom is -0.288 e. The van der Waals surface area contributed by atoms with Crippen molar-refractivity contribution in [2.75, 3.05) is 0 Å². The molecule has 0 saturated heterocycles. The molecule has 2 aliphatic heterocycles. The van der Waals surface area contributed by atoms with E-state index in [9.17, 15) is 9.59 Å². The third-order valence-corrected chi connectivity index (χ3v) is 29.8. The molecule has 0 bridgehead atoms. The molecule has 0 N–H and O–H groups in total. The molecule has 4 heterocycles. The van der Waals surface area contributed by atoms with Crippen LogP contribution >= 0.6 is 46.2 Å². The molecular weight excluding hydrogens is 1340 g/mol. The number of carbonyl (C=O) groups excluding carboxylic acids is 2. The molecule has 9 rings (SSSR count). The molecule has 4 aliphatic rings. The van der Waals surface area contributed by atoms with E-state index in [2.05, 4.69) is 113 Å². The number of rotatable bonds is 61. The first-order valence-corrected chi connectivity index (χ1v) is 48.3. The number of aryl methyl sites for hydroxylation is 2. The SMILES string of the molecule is CCCCCCCCCCCCCCCCC1(CCCCCCCCCCCCCCCC)c2cc3c(cc2-c2sc(C)cc21)C(CCCCCCCCCCCCCCCC)(CCCCCCCCCCCCCCCC)c1cc(-c2ccc4c(c2)S/C(=C2/Sc5cc(C)ccc5C2=O)C4=O)sc1-3. The van der Waals surface area contributed by atoms with E-state index >= 15 is 0 Å². The summed E-state index contributed by atoms with van der Waals surface area (Å²) in [6.45, 7) is 13.8.